The van der Waals surface area contributed by atoms with Gasteiger partial charge in [-0.05, 0) is 132 Å². The van der Waals surface area contributed by atoms with E-state index in [0.29, 0.717) is 0 Å². The minimum Gasteiger partial charge on any atom is -0.289 e. The van der Waals surface area contributed by atoms with Gasteiger partial charge in [-0.25, -0.2) is 27.7 Å². The molecule has 0 unspecified atom stereocenters. The van der Waals surface area contributed by atoms with E-state index in [4.69, 9.17) is 6.57 Å². The van der Waals surface area contributed by atoms with Gasteiger partial charge in [0, 0.05) is 69.2 Å². The van der Waals surface area contributed by atoms with Crippen LogP contribution in [0.4, 0.5) is 17.6 Å². The van der Waals surface area contributed by atoms with Gasteiger partial charge in [-0.1, -0.05) is 57.8 Å². The number of rotatable bonds is 2. The van der Waals surface area contributed by atoms with Crippen molar-refractivity contribution < 1.29 is 27.2 Å². The predicted molar refractivity (Wildman–Crippen MR) is 252 cm³/mol. The summed E-state index contributed by atoms with van der Waals surface area (Å²) in [6, 6.07) is 9.31. The van der Waals surface area contributed by atoms with Crippen molar-refractivity contribution in [1.82, 2.24) is 0 Å². The summed E-state index contributed by atoms with van der Waals surface area (Å²) in [6.07, 6.45) is 22.3. The number of carbonyl (C=O) groups excluding carboxylic acids is 2. The lowest BCUT2D eigenvalue weighted by atomic mass is 9.58. The number of allylic oxidation sites excluding steroid dienone is 10. The SMILES string of the molecule is [C-]#[N+]C(C#N)=C1/C(=C\C2=Cc3sc4c(c3C23CCCCC3)C2(CCCCC2)c2c-4sc3c2C2(CCCCC2)C(/C=C2\C(=O)c4cc(F)c(F)cc4C2=C(C#N)C#N)=C3)C(=O)c2cc(F)c(F)cc21. The Kier molecular flexibility index (Phi) is 9.50. The Morgan fingerprint density at radius 2 is 0.926 bits per heavy atom. The number of fused-ring (bicyclic) bond motifs is 13. The highest BCUT2D eigenvalue weighted by molar-refractivity contribution is 7.23. The molecule has 0 amide bonds. The Morgan fingerprint density at radius 3 is 1.32 bits per heavy atom. The third-order valence-electron chi connectivity index (χ3n) is 16.5. The molecular formula is C56H38F4N4O2S2. The van der Waals surface area contributed by atoms with Crippen molar-refractivity contribution in [2.75, 3.05) is 0 Å². The molecule has 2 heterocycles. The first-order chi connectivity index (χ1) is 32.9. The second-order valence-electron chi connectivity index (χ2n) is 19.5. The van der Waals surface area contributed by atoms with Crippen LogP contribution < -0.4 is 0 Å². The molecule has 2 aromatic carbocycles. The number of Topliss-reactive ketones (excluding diaryl/α,β-unsaturated/α-hetero) is 2. The second-order valence-corrected chi connectivity index (χ2v) is 21.6. The monoisotopic (exact) mass is 938 g/mol. The molecule has 68 heavy (non-hydrogen) atoms. The number of hydrogen-bond acceptors (Lipinski definition) is 7. The Morgan fingerprint density at radius 1 is 0.544 bits per heavy atom. The lowest BCUT2D eigenvalue weighted by Crippen LogP contribution is -2.37. The van der Waals surface area contributed by atoms with E-state index in [1.807, 2.05) is 30.4 Å². The van der Waals surface area contributed by atoms with Crippen LogP contribution in [0.5, 0.6) is 0 Å². The van der Waals surface area contributed by atoms with Crippen LogP contribution in [0.2, 0.25) is 0 Å². The number of hydrogen-bond donors (Lipinski definition) is 0. The fraction of sp³-hybridized carbons (Fsp3) is 0.321. The van der Waals surface area contributed by atoms with Gasteiger partial charge in [-0.15, -0.1) is 22.7 Å². The number of benzene rings is 2. The van der Waals surface area contributed by atoms with Crippen molar-refractivity contribution in [3.05, 3.63) is 159 Å². The Balaban J connectivity index is 1.04. The Bertz CT molecular complexity index is 3220. The first-order valence-electron chi connectivity index (χ1n) is 23.3. The van der Waals surface area contributed by atoms with E-state index in [9.17, 15) is 42.9 Å². The van der Waals surface area contributed by atoms with Crippen LogP contribution >= 0.6 is 22.7 Å². The molecule has 334 valence electrons. The van der Waals surface area contributed by atoms with E-state index in [1.165, 1.54) is 32.0 Å². The molecule has 6 nitrogen and oxygen atoms in total. The van der Waals surface area contributed by atoms with Gasteiger partial charge >= 0.3 is 0 Å². The molecular weight excluding hydrogens is 901 g/mol. The van der Waals surface area contributed by atoms with Crippen LogP contribution in [0.3, 0.4) is 0 Å². The fourth-order valence-corrected chi connectivity index (χ4v) is 16.8. The molecule has 0 N–H and O–H groups in total. The summed E-state index contributed by atoms with van der Waals surface area (Å²) in [6.45, 7) is 7.85. The van der Waals surface area contributed by atoms with Gasteiger partial charge in [0.1, 0.15) is 17.7 Å². The number of nitrogens with zero attached hydrogens (tertiary/aromatic N) is 4. The van der Waals surface area contributed by atoms with Crippen LogP contribution in [0.15, 0.2) is 70.0 Å². The van der Waals surface area contributed by atoms with Crippen molar-refractivity contribution in [2.45, 2.75) is 113 Å². The van der Waals surface area contributed by atoms with Crippen LogP contribution in [0, 0.1) is 63.8 Å². The second kappa shape index (κ2) is 15.2. The molecule has 12 heteroatoms. The minimum atomic E-state index is -1.18. The first-order valence-corrected chi connectivity index (χ1v) is 25.0. The van der Waals surface area contributed by atoms with Crippen LogP contribution in [0.1, 0.15) is 160 Å². The van der Waals surface area contributed by atoms with Crippen LogP contribution in [0.25, 0.3) is 37.9 Å². The molecule has 4 aromatic rings. The summed E-state index contributed by atoms with van der Waals surface area (Å²) < 4.78 is 59.0. The maximum atomic E-state index is 14.8. The average molecular weight is 939 g/mol. The lowest BCUT2D eigenvalue weighted by molar-refractivity contribution is 0.103. The summed E-state index contributed by atoms with van der Waals surface area (Å²) >= 11 is 3.57. The number of thiophene rings is 2. The quantitative estimate of drug-likeness (QED) is 0.0860. The normalized spacial score (nSPS) is 22.6. The number of carbonyl (C=O) groups is 2. The molecule has 2 aromatic heterocycles. The molecule has 0 atom stereocenters. The van der Waals surface area contributed by atoms with E-state index in [-0.39, 0.29) is 61.2 Å². The van der Waals surface area contributed by atoms with Gasteiger partial charge in [-0.3, -0.25) is 9.59 Å². The van der Waals surface area contributed by atoms with Crippen LogP contribution in [-0.4, -0.2) is 11.6 Å². The lowest BCUT2D eigenvalue weighted by Gasteiger charge is -2.44. The summed E-state index contributed by atoms with van der Waals surface area (Å²) in [5.41, 5.74) is 5.39. The topological polar surface area (TPSA) is 110 Å². The van der Waals surface area contributed by atoms with Gasteiger partial charge < -0.3 is 0 Å². The summed E-state index contributed by atoms with van der Waals surface area (Å²) in [7, 11) is 0. The number of ketones is 2. The molecule has 8 aliphatic carbocycles. The van der Waals surface area contributed by atoms with Crippen LogP contribution in [-0.2, 0) is 16.2 Å². The highest BCUT2D eigenvalue weighted by atomic mass is 32.1. The van der Waals surface area contributed by atoms with Gasteiger partial charge in [0.25, 0.3) is 5.70 Å². The molecule has 0 aliphatic heterocycles. The maximum absolute atomic E-state index is 14.8. The van der Waals surface area contributed by atoms with Crippen molar-refractivity contribution in [3.8, 4) is 28.0 Å². The first kappa shape index (κ1) is 42.6. The zero-order valence-corrected chi connectivity index (χ0v) is 38.3. The van der Waals surface area contributed by atoms with Gasteiger partial charge in [0.15, 0.2) is 34.8 Å². The molecule has 3 saturated carbocycles. The smallest absolute Gasteiger partial charge is 0.270 e. The molecule has 0 radical (unpaired) electrons. The van der Waals surface area contributed by atoms with Gasteiger partial charge in [0.2, 0.25) is 0 Å². The number of halogens is 4. The Hall–Kier alpha value is -6.70. The molecule has 0 bridgehead atoms. The largest absolute Gasteiger partial charge is 0.289 e. The van der Waals surface area contributed by atoms with Gasteiger partial charge in [-0.2, -0.15) is 10.5 Å². The summed E-state index contributed by atoms with van der Waals surface area (Å²) in [5, 5.41) is 30.3. The van der Waals surface area contributed by atoms with E-state index in [1.54, 1.807) is 22.7 Å². The zero-order valence-electron chi connectivity index (χ0n) is 36.7. The van der Waals surface area contributed by atoms with Crippen molar-refractivity contribution in [1.29, 1.82) is 15.8 Å². The highest BCUT2D eigenvalue weighted by Crippen LogP contribution is 2.71. The third kappa shape index (κ3) is 5.51. The highest BCUT2D eigenvalue weighted by Gasteiger charge is 2.58. The molecule has 3 fully saturated rings. The van der Waals surface area contributed by atoms with Crippen molar-refractivity contribution in [3.63, 3.8) is 0 Å². The summed E-state index contributed by atoms with van der Waals surface area (Å²) in [4.78, 5) is 36.8. The van der Waals surface area contributed by atoms with Crippen molar-refractivity contribution >= 4 is 57.5 Å². The third-order valence-corrected chi connectivity index (χ3v) is 18.9. The van der Waals surface area contributed by atoms with E-state index < -0.39 is 45.7 Å². The molecule has 0 saturated heterocycles. The fourth-order valence-electron chi connectivity index (χ4n) is 13.7. The van der Waals surface area contributed by atoms with E-state index in [0.717, 1.165) is 141 Å². The summed E-state index contributed by atoms with van der Waals surface area (Å²) in [5.74, 6) is -5.78. The standard InChI is InChI=1S/C56H38F4N4O2S2/c1-64-41(27-63)45-32-22-38(58)40(60)24-34(32)51(66)36(45)18-30-20-43-47(55(30)13-7-3-8-14-55)49-53(68-43)52-48(56(49)15-9-4-10-16-56)46-42(67-52)19-29(54(46)11-5-2-6-12-54)17-35-44(28(25-61)26-62)31-21-37(57)39(59)23-33(31)50(35)65/h17-24H,2-16H2/b35-17-,36-18+,45-41?. The Labute approximate surface area is 398 Å². The predicted octanol–water partition coefficient (Wildman–Crippen LogP) is 14.4. The van der Waals surface area contributed by atoms with E-state index in [2.05, 4.69) is 17.0 Å². The number of nitriles is 3. The average Bonchev–Trinajstić information content (AvgIpc) is 4.18. The van der Waals surface area contributed by atoms with Crippen molar-refractivity contribution in [2.24, 2.45) is 0 Å². The zero-order chi connectivity index (χ0) is 47.0. The van der Waals surface area contributed by atoms with Gasteiger partial charge in [0.05, 0.1) is 12.6 Å². The maximum Gasteiger partial charge on any atom is 0.270 e. The molecule has 12 rings (SSSR count). The molecule has 3 spiro atoms. The van der Waals surface area contributed by atoms with E-state index >= 15 is 0 Å². The molecule has 8 aliphatic rings. The minimum absolute atomic E-state index is 0.0295.